The maximum atomic E-state index is 11.0. The summed E-state index contributed by atoms with van der Waals surface area (Å²) in [5, 5.41) is 9.04. The Balaban J connectivity index is 1.54. The smallest absolute Gasteiger partial charge is 0.332 e. The van der Waals surface area contributed by atoms with Gasteiger partial charge in [0.25, 0.3) is 0 Å². The molecule has 2 fully saturated rings. The molecule has 4 heteroatoms. The fourth-order valence-electron chi connectivity index (χ4n) is 3.32. The molecular weight excluding hydrogens is 254 g/mol. The first-order chi connectivity index (χ1) is 9.67. The second kappa shape index (κ2) is 5.54. The van der Waals surface area contributed by atoms with Crippen LogP contribution in [0.1, 0.15) is 31.2 Å². The molecule has 3 rings (SSSR count). The summed E-state index contributed by atoms with van der Waals surface area (Å²) in [6, 6.07) is 10.5. The van der Waals surface area contributed by atoms with Crippen LogP contribution < -0.4 is 0 Å². The molecule has 0 saturated carbocycles. The lowest BCUT2D eigenvalue weighted by Crippen LogP contribution is -2.44. The first-order valence-corrected chi connectivity index (χ1v) is 7.34. The predicted molar refractivity (Wildman–Crippen MR) is 75.4 cm³/mol. The Morgan fingerprint density at radius 2 is 1.95 bits per heavy atom. The van der Waals surface area contributed by atoms with Gasteiger partial charge in [0.05, 0.1) is 5.60 Å². The minimum atomic E-state index is -0.811. The molecule has 2 aliphatic rings. The number of carboxylic acids is 1. The van der Waals surface area contributed by atoms with Crippen molar-refractivity contribution in [2.24, 2.45) is 0 Å². The van der Waals surface area contributed by atoms with Crippen LogP contribution in [0.25, 0.3) is 0 Å². The number of aliphatic carboxylic acids is 1. The number of nitrogens with zero attached hydrogens (tertiary/aromatic N) is 1. The third-order valence-corrected chi connectivity index (χ3v) is 4.55. The fraction of sp³-hybridized carbons (Fsp3) is 0.562. The van der Waals surface area contributed by atoms with Crippen LogP contribution in [-0.4, -0.2) is 40.8 Å². The van der Waals surface area contributed by atoms with Gasteiger partial charge in [0.15, 0.2) is 6.10 Å². The van der Waals surface area contributed by atoms with Gasteiger partial charge in [0.1, 0.15) is 0 Å². The molecule has 4 nitrogen and oxygen atoms in total. The lowest BCUT2D eigenvalue weighted by Gasteiger charge is -2.39. The first kappa shape index (κ1) is 13.6. The molecule has 1 N–H and O–H groups in total. The van der Waals surface area contributed by atoms with Gasteiger partial charge in [-0.2, -0.15) is 0 Å². The maximum absolute atomic E-state index is 11.0. The van der Waals surface area contributed by atoms with Crippen molar-refractivity contribution in [3.8, 4) is 0 Å². The van der Waals surface area contributed by atoms with E-state index >= 15 is 0 Å². The zero-order valence-corrected chi connectivity index (χ0v) is 11.6. The molecule has 0 aromatic heterocycles. The van der Waals surface area contributed by atoms with Crippen molar-refractivity contribution in [1.29, 1.82) is 0 Å². The Hall–Kier alpha value is -1.39. The van der Waals surface area contributed by atoms with Gasteiger partial charge in [-0.25, -0.2) is 4.79 Å². The zero-order valence-electron chi connectivity index (χ0n) is 11.6. The third kappa shape index (κ3) is 2.86. The number of carbonyl (C=O) groups is 1. The van der Waals surface area contributed by atoms with Crippen molar-refractivity contribution in [2.45, 2.75) is 43.9 Å². The van der Waals surface area contributed by atoms with Gasteiger partial charge in [-0.1, -0.05) is 30.3 Å². The highest BCUT2D eigenvalue weighted by molar-refractivity contribution is 5.72. The highest BCUT2D eigenvalue weighted by Gasteiger charge is 2.44. The van der Waals surface area contributed by atoms with Crippen molar-refractivity contribution < 1.29 is 14.6 Å². The molecule has 0 amide bonds. The Bertz CT molecular complexity index is 466. The second-order valence-corrected chi connectivity index (χ2v) is 5.93. The Morgan fingerprint density at radius 3 is 2.55 bits per heavy atom. The van der Waals surface area contributed by atoms with E-state index in [1.54, 1.807) is 0 Å². The van der Waals surface area contributed by atoms with E-state index < -0.39 is 12.1 Å². The molecular formula is C16H21NO3. The van der Waals surface area contributed by atoms with Crippen LogP contribution in [0.4, 0.5) is 0 Å². The van der Waals surface area contributed by atoms with Crippen LogP contribution >= 0.6 is 0 Å². The van der Waals surface area contributed by atoms with E-state index in [1.165, 1.54) is 5.56 Å². The average Bonchev–Trinajstić information content (AvgIpc) is 2.87. The van der Waals surface area contributed by atoms with Gasteiger partial charge in [0, 0.05) is 19.6 Å². The number of ether oxygens (including phenoxy) is 1. The molecule has 2 aliphatic heterocycles. The summed E-state index contributed by atoms with van der Waals surface area (Å²) in [5.74, 6) is -0.811. The van der Waals surface area contributed by atoms with E-state index in [4.69, 9.17) is 9.84 Å². The number of carboxylic acid groups (broad SMARTS) is 1. The van der Waals surface area contributed by atoms with Gasteiger partial charge >= 0.3 is 5.97 Å². The largest absolute Gasteiger partial charge is 0.479 e. The first-order valence-electron chi connectivity index (χ1n) is 7.34. The van der Waals surface area contributed by atoms with Crippen LogP contribution in [0.5, 0.6) is 0 Å². The number of piperidine rings is 1. The predicted octanol–water partition coefficient (Wildman–Crippen LogP) is 2.28. The Kier molecular flexibility index (Phi) is 3.76. The quantitative estimate of drug-likeness (QED) is 0.919. The number of hydrogen-bond acceptors (Lipinski definition) is 3. The topological polar surface area (TPSA) is 49.8 Å². The summed E-state index contributed by atoms with van der Waals surface area (Å²) in [5.41, 5.74) is 1.16. The van der Waals surface area contributed by atoms with Crippen LogP contribution in [0.2, 0.25) is 0 Å². The van der Waals surface area contributed by atoms with Crippen LogP contribution in [0.3, 0.4) is 0 Å². The number of rotatable bonds is 3. The van der Waals surface area contributed by atoms with E-state index in [2.05, 4.69) is 29.2 Å². The summed E-state index contributed by atoms with van der Waals surface area (Å²) < 4.78 is 5.82. The van der Waals surface area contributed by atoms with Crippen molar-refractivity contribution in [3.05, 3.63) is 35.9 Å². The van der Waals surface area contributed by atoms with Crippen molar-refractivity contribution in [1.82, 2.24) is 4.90 Å². The molecule has 108 valence electrons. The normalized spacial score (nSPS) is 25.9. The standard InChI is InChI=1S/C16H21NO3/c18-15(19)14-6-7-16(20-14)8-10-17(11-9-16)12-13-4-2-1-3-5-13/h1-5,14H,6-12H2,(H,18,19)/t14-/m1/s1. The summed E-state index contributed by atoms with van der Waals surface area (Å²) in [6.07, 6.45) is 2.86. The summed E-state index contributed by atoms with van der Waals surface area (Å²) in [7, 11) is 0. The van der Waals surface area contributed by atoms with E-state index in [-0.39, 0.29) is 5.60 Å². The molecule has 20 heavy (non-hydrogen) atoms. The molecule has 1 aromatic rings. The lowest BCUT2D eigenvalue weighted by molar-refractivity contribution is -0.157. The summed E-state index contributed by atoms with van der Waals surface area (Å²) in [6.45, 7) is 2.95. The number of likely N-dealkylation sites (tertiary alicyclic amines) is 1. The molecule has 1 aromatic carbocycles. The monoisotopic (exact) mass is 275 g/mol. The summed E-state index contributed by atoms with van der Waals surface area (Å²) in [4.78, 5) is 13.4. The van der Waals surface area contributed by atoms with E-state index in [9.17, 15) is 4.79 Å². The van der Waals surface area contributed by atoms with Crippen molar-refractivity contribution in [3.63, 3.8) is 0 Å². The Labute approximate surface area is 119 Å². The molecule has 0 unspecified atom stereocenters. The number of hydrogen-bond donors (Lipinski definition) is 1. The van der Waals surface area contributed by atoms with Crippen LogP contribution in [-0.2, 0) is 16.1 Å². The van der Waals surface area contributed by atoms with Gasteiger partial charge < -0.3 is 9.84 Å². The van der Waals surface area contributed by atoms with Gasteiger partial charge in [-0.05, 0) is 31.2 Å². The Morgan fingerprint density at radius 1 is 1.25 bits per heavy atom. The van der Waals surface area contributed by atoms with Crippen molar-refractivity contribution in [2.75, 3.05) is 13.1 Å². The number of benzene rings is 1. The molecule has 0 radical (unpaired) electrons. The highest BCUT2D eigenvalue weighted by Crippen LogP contribution is 2.39. The van der Waals surface area contributed by atoms with Crippen LogP contribution in [0, 0.1) is 0 Å². The zero-order chi connectivity index (χ0) is 14.0. The average molecular weight is 275 g/mol. The van der Waals surface area contributed by atoms with Gasteiger partial charge in [-0.3, -0.25) is 4.90 Å². The minimum absolute atomic E-state index is 0.170. The van der Waals surface area contributed by atoms with E-state index in [1.807, 2.05) is 6.07 Å². The highest BCUT2D eigenvalue weighted by atomic mass is 16.5. The molecule has 2 heterocycles. The maximum Gasteiger partial charge on any atom is 0.332 e. The van der Waals surface area contributed by atoms with Crippen molar-refractivity contribution >= 4 is 5.97 Å². The van der Waals surface area contributed by atoms with E-state index in [0.29, 0.717) is 6.42 Å². The molecule has 0 aliphatic carbocycles. The molecule has 1 atom stereocenters. The fourth-order valence-corrected chi connectivity index (χ4v) is 3.32. The molecule has 2 saturated heterocycles. The van der Waals surface area contributed by atoms with Gasteiger partial charge in [-0.15, -0.1) is 0 Å². The molecule has 1 spiro atoms. The molecule has 0 bridgehead atoms. The van der Waals surface area contributed by atoms with E-state index in [0.717, 1.165) is 38.9 Å². The van der Waals surface area contributed by atoms with Crippen LogP contribution in [0.15, 0.2) is 30.3 Å². The lowest BCUT2D eigenvalue weighted by atomic mass is 9.88. The van der Waals surface area contributed by atoms with Gasteiger partial charge in [0.2, 0.25) is 0 Å². The second-order valence-electron chi connectivity index (χ2n) is 5.93. The third-order valence-electron chi connectivity index (χ3n) is 4.55. The minimum Gasteiger partial charge on any atom is -0.479 e. The SMILES string of the molecule is O=C(O)[C@H]1CCC2(CCN(Cc3ccccc3)CC2)O1. The summed E-state index contributed by atoms with van der Waals surface area (Å²) >= 11 is 0.